The zero-order valence-electron chi connectivity index (χ0n) is 8.68. The van der Waals surface area contributed by atoms with Gasteiger partial charge < -0.3 is 5.73 Å². The van der Waals surface area contributed by atoms with Crippen molar-refractivity contribution in [2.75, 3.05) is 13.1 Å². The van der Waals surface area contributed by atoms with Crippen molar-refractivity contribution in [3.63, 3.8) is 0 Å². The molecule has 0 aliphatic heterocycles. The second-order valence-electron chi connectivity index (χ2n) is 2.93. The minimum atomic E-state index is -4.89. The molecule has 0 aliphatic carbocycles. The quantitative estimate of drug-likeness (QED) is 0.928. The fourth-order valence-electron chi connectivity index (χ4n) is 1.07. The topological polar surface area (TPSA) is 55.4 Å². The molecular weight excluding hydrogens is 277 g/mol. The first-order chi connectivity index (χ1) is 7.42. The Labute approximate surface area is 104 Å². The predicted octanol–water partition coefficient (Wildman–Crippen LogP) is 2.41. The van der Waals surface area contributed by atoms with Crippen LogP contribution in [-0.2, 0) is 9.73 Å². The van der Waals surface area contributed by atoms with E-state index in [9.17, 15) is 17.4 Å². The lowest BCUT2D eigenvalue weighted by molar-refractivity contribution is -0.0403. The van der Waals surface area contributed by atoms with Gasteiger partial charge in [0.2, 0.25) is 0 Å². The zero-order chi connectivity index (χ0) is 12.2. The van der Waals surface area contributed by atoms with E-state index in [1.54, 1.807) is 6.07 Å². The third-order valence-electron chi connectivity index (χ3n) is 1.78. The highest BCUT2D eigenvalue weighted by molar-refractivity contribution is 7.94. The third-order valence-corrected chi connectivity index (χ3v) is 3.86. The number of hydrogen-bond acceptors (Lipinski definition) is 3. The molecule has 1 unspecified atom stereocenters. The van der Waals surface area contributed by atoms with Crippen LogP contribution in [0.3, 0.4) is 0 Å². The van der Waals surface area contributed by atoms with Crippen molar-refractivity contribution < 1.29 is 17.4 Å². The van der Waals surface area contributed by atoms with Gasteiger partial charge in [-0.2, -0.15) is 13.2 Å². The number of hydrogen-bond donors (Lipinski definition) is 1. The molecule has 1 rings (SSSR count). The van der Waals surface area contributed by atoms with Gasteiger partial charge in [0, 0.05) is 6.54 Å². The Morgan fingerprint density at radius 3 is 2.18 bits per heavy atom. The number of halogens is 4. The minimum Gasteiger partial charge on any atom is -0.329 e. The van der Waals surface area contributed by atoms with Crippen LogP contribution < -0.4 is 5.73 Å². The highest BCUT2D eigenvalue weighted by atomic mass is 35.5. The summed E-state index contributed by atoms with van der Waals surface area (Å²) < 4.78 is 53.1. The normalized spacial score (nSPS) is 14.6. The Morgan fingerprint density at radius 1 is 1.24 bits per heavy atom. The van der Waals surface area contributed by atoms with Crippen molar-refractivity contribution in [2.45, 2.75) is 10.4 Å². The van der Waals surface area contributed by atoms with E-state index < -0.39 is 15.2 Å². The Morgan fingerprint density at radius 2 is 1.76 bits per heavy atom. The molecule has 0 radical (unpaired) electrons. The number of benzene rings is 1. The summed E-state index contributed by atoms with van der Waals surface area (Å²) in [6.45, 7) is -0.354. The molecule has 0 bridgehead atoms. The Kier molecular flexibility index (Phi) is 5.94. The standard InChI is InChI=1S/C9H11F3N2OS.ClH/c10-9(11,12)16(15,14-7-6-13)8-4-2-1-3-5-8;/h1-5H,6-7,13H2;1H. The molecule has 0 aliphatic rings. The van der Waals surface area contributed by atoms with Crippen LogP contribution in [0.1, 0.15) is 0 Å². The van der Waals surface area contributed by atoms with Crippen molar-refractivity contribution in [1.29, 1.82) is 0 Å². The minimum absolute atomic E-state index is 0. The van der Waals surface area contributed by atoms with Crippen LogP contribution in [0.4, 0.5) is 13.2 Å². The van der Waals surface area contributed by atoms with Crippen molar-refractivity contribution in [3.05, 3.63) is 30.3 Å². The summed E-state index contributed by atoms with van der Waals surface area (Å²) >= 11 is 0. The average molecular weight is 289 g/mol. The highest BCUT2D eigenvalue weighted by Crippen LogP contribution is 2.32. The largest absolute Gasteiger partial charge is 0.483 e. The summed E-state index contributed by atoms with van der Waals surface area (Å²) in [6, 6.07) is 6.62. The van der Waals surface area contributed by atoms with E-state index in [4.69, 9.17) is 5.73 Å². The van der Waals surface area contributed by atoms with Gasteiger partial charge in [0.1, 0.15) is 0 Å². The highest BCUT2D eigenvalue weighted by Gasteiger charge is 2.44. The Bertz CT molecular complexity index is 455. The molecule has 3 nitrogen and oxygen atoms in total. The molecular formula is C9H12ClF3N2OS. The molecule has 0 spiro atoms. The van der Waals surface area contributed by atoms with E-state index in [2.05, 4.69) is 4.36 Å². The van der Waals surface area contributed by atoms with E-state index in [-0.39, 0.29) is 30.4 Å². The van der Waals surface area contributed by atoms with Gasteiger partial charge in [-0.05, 0) is 12.1 Å². The summed E-state index contributed by atoms with van der Waals surface area (Å²) in [6.07, 6.45) is 0. The second kappa shape index (κ2) is 6.23. The predicted molar refractivity (Wildman–Crippen MR) is 62.5 cm³/mol. The Balaban J connectivity index is 0.00000256. The van der Waals surface area contributed by atoms with Crippen LogP contribution >= 0.6 is 12.4 Å². The maximum absolute atomic E-state index is 12.7. The van der Waals surface area contributed by atoms with E-state index >= 15 is 0 Å². The molecule has 0 aromatic heterocycles. The lowest BCUT2D eigenvalue weighted by Crippen LogP contribution is -2.24. The monoisotopic (exact) mass is 288 g/mol. The zero-order valence-corrected chi connectivity index (χ0v) is 10.3. The summed E-state index contributed by atoms with van der Waals surface area (Å²) in [7, 11) is -4.40. The van der Waals surface area contributed by atoms with Crippen LogP contribution in [0.5, 0.6) is 0 Å². The van der Waals surface area contributed by atoms with Crippen molar-refractivity contribution in [3.8, 4) is 0 Å². The third kappa shape index (κ3) is 3.58. The van der Waals surface area contributed by atoms with Gasteiger partial charge >= 0.3 is 5.51 Å². The van der Waals surface area contributed by atoms with Gasteiger partial charge in [-0.1, -0.05) is 18.2 Å². The summed E-state index contributed by atoms with van der Waals surface area (Å²) in [4.78, 5) is -0.337. The maximum atomic E-state index is 12.7. The number of alkyl halides is 3. The molecule has 1 aromatic rings. The lowest BCUT2D eigenvalue weighted by atomic mass is 10.4. The lowest BCUT2D eigenvalue weighted by Gasteiger charge is -2.13. The van der Waals surface area contributed by atoms with Gasteiger partial charge in [-0.15, -0.1) is 12.4 Å². The molecule has 98 valence electrons. The summed E-state index contributed by atoms with van der Waals surface area (Å²) in [5.74, 6) is 0. The smallest absolute Gasteiger partial charge is 0.329 e. The fraction of sp³-hybridized carbons (Fsp3) is 0.333. The molecule has 1 aromatic carbocycles. The number of nitrogens with zero attached hydrogens (tertiary/aromatic N) is 1. The average Bonchev–Trinajstić information content (AvgIpc) is 2.25. The van der Waals surface area contributed by atoms with Crippen LogP contribution in [-0.4, -0.2) is 22.8 Å². The van der Waals surface area contributed by atoms with Gasteiger partial charge in [0.25, 0.3) is 0 Å². The summed E-state index contributed by atoms with van der Waals surface area (Å²) in [5.41, 5.74) is 0.185. The van der Waals surface area contributed by atoms with Crippen LogP contribution in [0, 0.1) is 0 Å². The molecule has 0 saturated heterocycles. The van der Waals surface area contributed by atoms with Gasteiger partial charge in [0.15, 0.2) is 9.73 Å². The first kappa shape index (κ1) is 16.2. The van der Waals surface area contributed by atoms with Gasteiger partial charge in [-0.3, -0.25) is 0 Å². The van der Waals surface area contributed by atoms with Gasteiger partial charge in [-0.25, -0.2) is 8.57 Å². The summed E-state index contributed by atoms with van der Waals surface area (Å²) in [5, 5.41) is 0. The first-order valence-electron chi connectivity index (χ1n) is 4.46. The molecule has 0 fully saturated rings. The molecule has 8 heteroatoms. The van der Waals surface area contributed by atoms with Crippen molar-refractivity contribution >= 4 is 22.1 Å². The van der Waals surface area contributed by atoms with E-state index in [0.29, 0.717) is 0 Å². The maximum Gasteiger partial charge on any atom is 0.483 e. The molecule has 1 atom stereocenters. The first-order valence-corrected chi connectivity index (χ1v) is 5.97. The van der Waals surface area contributed by atoms with Gasteiger partial charge in [0.05, 0.1) is 11.4 Å². The molecule has 0 heterocycles. The molecule has 17 heavy (non-hydrogen) atoms. The van der Waals surface area contributed by atoms with E-state index in [1.165, 1.54) is 12.1 Å². The molecule has 0 amide bonds. The molecule has 2 N–H and O–H groups in total. The number of rotatable bonds is 3. The SMILES string of the molecule is Cl.NCCN=S(=O)(c1ccccc1)C(F)(F)F. The van der Waals surface area contributed by atoms with E-state index in [0.717, 1.165) is 12.1 Å². The number of nitrogens with two attached hydrogens (primary N) is 1. The Hall–Kier alpha value is -0.790. The molecule has 0 saturated carbocycles. The second-order valence-corrected chi connectivity index (χ2v) is 5.17. The fourth-order valence-corrected chi connectivity index (χ4v) is 2.52. The van der Waals surface area contributed by atoms with Crippen molar-refractivity contribution in [1.82, 2.24) is 0 Å². The van der Waals surface area contributed by atoms with Crippen LogP contribution in [0.15, 0.2) is 39.6 Å². The van der Waals surface area contributed by atoms with E-state index in [1.807, 2.05) is 0 Å². The van der Waals surface area contributed by atoms with Crippen LogP contribution in [0.25, 0.3) is 0 Å². The van der Waals surface area contributed by atoms with Crippen LogP contribution in [0.2, 0.25) is 0 Å². The van der Waals surface area contributed by atoms with Crippen molar-refractivity contribution in [2.24, 2.45) is 10.1 Å².